The molecule has 2 aromatic carbocycles. The molecule has 0 saturated carbocycles. The van der Waals surface area contributed by atoms with Crippen molar-refractivity contribution < 1.29 is 9.32 Å². The van der Waals surface area contributed by atoms with Crippen LogP contribution in [-0.2, 0) is 6.42 Å². The Morgan fingerprint density at radius 3 is 2.75 bits per heavy atom. The minimum atomic E-state index is 0.00327. The van der Waals surface area contributed by atoms with Crippen LogP contribution in [0.15, 0.2) is 53.1 Å². The lowest BCUT2D eigenvalue weighted by molar-refractivity contribution is 0.0710. The number of H-pyrrole nitrogens is 1. The highest BCUT2D eigenvalue weighted by atomic mass is 16.5. The molecule has 0 bridgehead atoms. The molecule has 0 radical (unpaired) electrons. The molecule has 1 fully saturated rings. The van der Waals surface area contributed by atoms with Gasteiger partial charge in [0.2, 0.25) is 0 Å². The van der Waals surface area contributed by atoms with E-state index in [1.54, 1.807) is 4.68 Å². The number of aromatic nitrogens is 6. The van der Waals surface area contributed by atoms with Crippen molar-refractivity contribution in [1.29, 1.82) is 0 Å². The Balaban J connectivity index is 1.02. The van der Waals surface area contributed by atoms with Gasteiger partial charge in [0.25, 0.3) is 5.91 Å². The van der Waals surface area contributed by atoms with Gasteiger partial charge in [0.05, 0.1) is 16.9 Å². The molecule has 36 heavy (non-hydrogen) atoms. The number of fused-ring (bicyclic) bond motifs is 3. The predicted molar refractivity (Wildman–Crippen MR) is 133 cm³/mol. The molecule has 10 heteroatoms. The van der Waals surface area contributed by atoms with Crippen LogP contribution in [0.25, 0.3) is 27.8 Å². The van der Waals surface area contributed by atoms with Crippen LogP contribution in [0.2, 0.25) is 0 Å². The third kappa shape index (κ3) is 3.48. The molecule has 1 amide bonds. The first-order valence-corrected chi connectivity index (χ1v) is 12.5. The number of carbonyl (C=O) groups excluding carboxylic acids is 1. The number of likely N-dealkylation sites (tertiary alicyclic amines) is 1. The molecule has 1 N–H and O–H groups in total. The maximum Gasteiger partial charge on any atom is 0.259 e. The Morgan fingerprint density at radius 1 is 1.00 bits per heavy atom. The summed E-state index contributed by atoms with van der Waals surface area (Å²) in [4.78, 5) is 17.9. The molecule has 2 aliphatic rings. The summed E-state index contributed by atoms with van der Waals surface area (Å²) in [6.07, 6.45) is 2.84. The van der Waals surface area contributed by atoms with Crippen LogP contribution < -0.4 is 0 Å². The van der Waals surface area contributed by atoms with E-state index in [9.17, 15) is 4.79 Å². The van der Waals surface area contributed by atoms with Crippen LogP contribution in [-0.4, -0.2) is 78.8 Å². The van der Waals surface area contributed by atoms with Crippen molar-refractivity contribution in [1.82, 2.24) is 40.1 Å². The third-order valence-electron chi connectivity index (χ3n) is 7.57. The van der Waals surface area contributed by atoms with Crippen molar-refractivity contribution in [3.8, 4) is 5.82 Å². The molecule has 0 aliphatic carbocycles. The number of hydrogen-bond donors (Lipinski definition) is 1. The van der Waals surface area contributed by atoms with E-state index in [1.807, 2.05) is 47.4 Å². The number of aromatic amines is 1. The Kier molecular flexibility index (Phi) is 5.05. The van der Waals surface area contributed by atoms with E-state index in [-0.39, 0.29) is 5.91 Å². The zero-order chi connectivity index (χ0) is 24.1. The van der Waals surface area contributed by atoms with Gasteiger partial charge in [-0.1, -0.05) is 34.6 Å². The zero-order valence-electron chi connectivity index (χ0n) is 19.8. The van der Waals surface area contributed by atoms with Crippen molar-refractivity contribution >= 4 is 27.9 Å². The molecule has 0 spiro atoms. The third-order valence-corrected chi connectivity index (χ3v) is 7.57. The summed E-state index contributed by atoms with van der Waals surface area (Å²) >= 11 is 0. The summed E-state index contributed by atoms with van der Waals surface area (Å²) in [5, 5.41) is 21.5. The molecule has 5 heterocycles. The standard InChI is InChI=1S/C26H26N8O2/c35-26-23-20(27-29-25(23)34-21-7-3-2-6-19(21)28-31-34)11-14-33(26)16-15-32-12-9-17(10-13-32)24-18-5-1-4-8-22(18)36-30-24/h1-8,17H,9-16H2,(H,27,29). The molecule has 0 atom stereocenters. The van der Waals surface area contributed by atoms with Crippen molar-refractivity contribution in [3.05, 3.63) is 65.5 Å². The van der Waals surface area contributed by atoms with E-state index in [0.29, 0.717) is 30.4 Å². The smallest absolute Gasteiger partial charge is 0.259 e. The monoisotopic (exact) mass is 482 g/mol. The number of rotatable bonds is 5. The molecule has 7 rings (SSSR count). The fraction of sp³-hybridized carbons (Fsp3) is 0.346. The molecule has 10 nitrogen and oxygen atoms in total. The number of para-hydroxylation sites is 2. The molecule has 1 saturated heterocycles. The number of nitrogens with one attached hydrogen (secondary N) is 1. The summed E-state index contributed by atoms with van der Waals surface area (Å²) < 4.78 is 7.18. The highest BCUT2D eigenvalue weighted by Crippen LogP contribution is 2.32. The SMILES string of the molecule is O=C1c2c(-n3nnc4ccccc43)n[nH]c2CCN1CCN1CCC(c2noc3ccccc23)CC1. The normalized spacial score (nSPS) is 17.3. The molecule has 3 aromatic heterocycles. The second-order valence-corrected chi connectivity index (χ2v) is 9.61. The predicted octanol–water partition coefficient (Wildman–Crippen LogP) is 3.16. The Hall–Kier alpha value is -4.05. The van der Waals surface area contributed by atoms with Crippen LogP contribution in [0.1, 0.15) is 40.5 Å². The van der Waals surface area contributed by atoms with Gasteiger partial charge in [-0.05, 0) is 50.2 Å². The number of nitrogens with zero attached hydrogens (tertiary/aromatic N) is 7. The van der Waals surface area contributed by atoms with Gasteiger partial charge in [0, 0.05) is 37.4 Å². The van der Waals surface area contributed by atoms with Crippen LogP contribution in [0.4, 0.5) is 0 Å². The van der Waals surface area contributed by atoms with Gasteiger partial charge in [-0.2, -0.15) is 9.78 Å². The lowest BCUT2D eigenvalue weighted by Gasteiger charge is -2.34. The average Bonchev–Trinajstić information content (AvgIpc) is 3.65. The van der Waals surface area contributed by atoms with Crippen molar-refractivity contribution in [2.24, 2.45) is 0 Å². The first-order chi connectivity index (χ1) is 17.8. The number of carbonyl (C=O) groups is 1. The van der Waals surface area contributed by atoms with Crippen LogP contribution in [0.3, 0.4) is 0 Å². The molecule has 2 aliphatic heterocycles. The first-order valence-electron chi connectivity index (χ1n) is 12.5. The molecule has 182 valence electrons. The molecular formula is C26H26N8O2. The van der Waals surface area contributed by atoms with Gasteiger partial charge < -0.3 is 14.3 Å². The second kappa shape index (κ2) is 8.56. The molecule has 0 unspecified atom stereocenters. The van der Waals surface area contributed by atoms with E-state index >= 15 is 0 Å². The number of hydrogen-bond acceptors (Lipinski definition) is 7. The summed E-state index contributed by atoms with van der Waals surface area (Å²) in [6, 6.07) is 15.8. The van der Waals surface area contributed by atoms with E-state index in [1.165, 1.54) is 0 Å². The van der Waals surface area contributed by atoms with Gasteiger partial charge in [0.1, 0.15) is 11.1 Å². The quantitative estimate of drug-likeness (QED) is 0.410. The maximum atomic E-state index is 13.5. The lowest BCUT2D eigenvalue weighted by atomic mass is 9.91. The largest absolute Gasteiger partial charge is 0.356 e. The fourth-order valence-corrected chi connectivity index (χ4v) is 5.56. The second-order valence-electron chi connectivity index (χ2n) is 9.61. The van der Waals surface area contributed by atoms with Crippen LogP contribution in [0.5, 0.6) is 0 Å². The topological polar surface area (TPSA) is 109 Å². The van der Waals surface area contributed by atoms with Crippen molar-refractivity contribution in [2.45, 2.75) is 25.2 Å². The lowest BCUT2D eigenvalue weighted by Crippen LogP contribution is -2.44. The minimum absolute atomic E-state index is 0.00327. The molecule has 5 aromatic rings. The number of piperidine rings is 1. The van der Waals surface area contributed by atoms with Crippen LogP contribution in [0, 0.1) is 0 Å². The highest BCUT2D eigenvalue weighted by molar-refractivity contribution is 5.99. The van der Waals surface area contributed by atoms with Crippen molar-refractivity contribution in [3.63, 3.8) is 0 Å². The summed E-state index contributed by atoms with van der Waals surface area (Å²) in [5.74, 6) is 0.938. The number of benzene rings is 2. The van der Waals surface area contributed by atoms with Gasteiger partial charge in [0.15, 0.2) is 11.4 Å². The van der Waals surface area contributed by atoms with E-state index in [4.69, 9.17) is 4.52 Å². The Morgan fingerprint density at radius 2 is 1.83 bits per heavy atom. The summed E-state index contributed by atoms with van der Waals surface area (Å²) in [7, 11) is 0. The minimum Gasteiger partial charge on any atom is -0.356 e. The van der Waals surface area contributed by atoms with E-state index in [2.05, 4.69) is 36.6 Å². The summed E-state index contributed by atoms with van der Waals surface area (Å²) in [6.45, 7) is 4.21. The number of amides is 1. The maximum absolute atomic E-state index is 13.5. The van der Waals surface area contributed by atoms with Gasteiger partial charge in [-0.15, -0.1) is 5.10 Å². The Bertz CT molecular complexity index is 1560. The van der Waals surface area contributed by atoms with Gasteiger partial charge in [-0.25, -0.2) is 0 Å². The summed E-state index contributed by atoms with van der Waals surface area (Å²) in [5.41, 5.74) is 5.02. The van der Waals surface area contributed by atoms with E-state index < -0.39 is 0 Å². The first kappa shape index (κ1) is 21.3. The van der Waals surface area contributed by atoms with Crippen molar-refractivity contribution in [2.75, 3.05) is 32.7 Å². The fourth-order valence-electron chi connectivity index (χ4n) is 5.56. The van der Waals surface area contributed by atoms with E-state index in [0.717, 1.165) is 72.3 Å². The van der Waals surface area contributed by atoms with Crippen LogP contribution >= 0.6 is 0 Å². The molecular weight excluding hydrogens is 456 g/mol. The Labute approximate surface area is 206 Å². The average molecular weight is 483 g/mol. The highest BCUT2D eigenvalue weighted by Gasteiger charge is 2.32. The van der Waals surface area contributed by atoms with Gasteiger partial charge >= 0.3 is 0 Å². The zero-order valence-corrected chi connectivity index (χ0v) is 19.8. The van der Waals surface area contributed by atoms with Gasteiger partial charge in [-0.3, -0.25) is 9.89 Å².